The van der Waals surface area contributed by atoms with E-state index >= 15 is 0 Å². The summed E-state index contributed by atoms with van der Waals surface area (Å²) < 4.78 is 16.8. The first-order valence-corrected chi connectivity index (χ1v) is 13.0. The van der Waals surface area contributed by atoms with Gasteiger partial charge >= 0.3 is 6.47 Å². The van der Waals surface area contributed by atoms with Crippen LogP contribution in [0.25, 0.3) is 0 Å². The first-order chi connectivity index (χ1) is 8.62. The lowest BCUT2D eigenvalue weighted by atomic mass is 10.3. The third-order valence-corrected chi connectivity index (χ3v) is 3.58. The van der Waals surface area contributed by atoms with Gasteiger partial charge in [-0.2, -0.15) is 0 Å². The van der Waals surface area contributed by atoms with Crippen molar-refractivity contribution < 1.29 is 18.4 Å². The van der Waals surface area contributed by atoms with E-state index in [0.29, 0.717) is 17.2 Å². The van der Waals surface area contributed by atoms with E-state index in [2.05, 4.69) is 39.3 Å². The zero-order valence-electron chi connectivity index (χ0n) is 12.4. The highest BCUT2D eigenvalue weighted by Gasteiger charge is 2.24. The summed E-state index contributed by atoms with van der Waals surface area (Å²) in [6.45, 7) is 13.8. The third kappa shape index (κ3) is 5.48. The number of hydrogen-bond donors (Lipinski definition) is 0. The molecule has 1 rings (SSSR count). The molecule has 6 heteroatoms. The van der Waals surface area contributed by atoms with Crippen LogP contribution in [0.1, 0.15) is 0 Å². The smallest absolute Gasteiger partial charge is 0.423 e. The Morgan fingerprint density at radius 2 is 1.32 bits per heavy atom. The number of benzene rings is 1. The predicted octanol–water partition coefficient (Wildman–Crippen LogP) is 3.56. The molecule has 0 saturated carbocycles. The molecule has 0 spiro atoms. The number of para-hydroxylation sites is 1. The third-order valence-electron chi connectivity index (χ3n) is 1.92. The van der Waals surface area contributed by atoms with Gasteiger partial charge in [0.15, 0.2) is 11.5 Å². The van der Waals surface area contributed by atoms with Crippen molar-refractivity contribution in [1.82, 2.24) is 0 Å². The second-order valence-electron chi connectivity index (χ2n) is 6.20. The first kappa shape index (κ1) is 15.8. The molecule has 4 nitrogen and oxygen atoms in total. The molecule has 0 aliphatic heterocycles. The number of hydrogen-bond acceptors (Lipinski definition) is 4. The molecule has 0 atom stereocenters. The molecule has 0 saturated heterocycles. The maximum absolute atomic E-state index is 10.6. The van der Waals surface area contributed by atoms with E-state index in [-0.39, 0.29) is 0 Å². The fraction of sp³-hybridized carbons (Fsp3) is 0.462. The lowest BCUT2D eigenvalue weighted by molar-refractivity contribution is 0.409. The van der Waals surface area contributed by atoms with Gasteiger partial charge in [-0.3, -0.25) is 0 Å². The van der Waals surface area contributed by atoms with Crippen molar-refractivity contribution in [3.8, 4) is 17.2 Å². The number of carbonyl (C=O) groups excluding carboxylic acids is 1. The van der Waals surface area contributed by atoms with Crippen molar-refractivity contribution in [2.45, 2.75) is 39.3 Å². The van der Waals surface area contributed by atoms with E-state index in [1.54, 1.807) is 12.1 Å². The van der Waals surface area contributed by atoms with Crippen molar-refractivity contribution >= 4 is 23.1 Å². The van der Waals surface area contributed by atoms with Crippen molar-refractivity contribution in [2.75, 3.05) is 0 Å². The van der Waals surface area contributed by atoms with Crippen molar-refractivity contribution in [3.63, 3.8) is 0 Å². The molecule has 1 aromatic rings. The van der Waals surface area contributed by atoms with Gasteiger partial charge in [-0.1, -0.05) is 6.07 Å². The van der Waals surface area contributed by atoms with E-state index in [9.17, 15) is 4.79 Å². The molecular weight excluding hydrogens is 276 g/mol. The molecule has 1 aromatic carbocycles. The van der Waals surface area contributed by atoms with E-state index < -0.39 is 16.6 Å². The Kier molecular flexibility index (Phi) is 4.81. The largest absolute Gasteiger partial charge is 0.542 e. The Hall–Kier alpha value is -1.28. The molecule has 0 heterocycles. The molecule has 0 aliphatic carbocycles. The molecule has 0 aliphatic rings. The van der Waals surface area contributed by atoms with Crippen LogP contribution in [0.2, 0.25) is 39.3 Å². The van der Waals surface area contributed by atoms with Crippen molar-refractivity contribution in [3.05, 3.63) is 18.2 Å². The maximum atomic E-state index is 10.6. The second kappa shape index (κ2) is 5.79. The summed E-state index contributed by atoms with van der Waals surface area (Å²) in [6, 6.07) is 5.40. The molecule has 0 bridgehead atoms. The predicted molar refractivity (Wildman–Crippen MR) is 80.7 cm³/mol. The SMILES string of the molecule is C[Si](C)(C)Oc1cccc(O[Si](C)(C)C)c1O[C]=O. The van der Waals surface area contributed by atoms with Crippen LogP contribution in [0.5, 0.6) is 17.2 Å². The average Bonchev–Trinajstić information content (AvgIpc) is 2.18. The zero-order chi connectivity index (χ0) is 14.7. The van der Waals surface area contributed by atoms with Crippen LogP contribution in [0.3, 0.4) is 0 Å². The van der Waals surface area contributed by atoms with Gasteiger partial charge in [0.2, 0.25) is 22.4 Å². The molecule has 105 valence electrons. The van der Waals surface area contributed by atoms with Gasteiger partial charge in [0, 0.05) is 0 Å². The van der Waals surface area contributed by atoms with Gasteiger partial charge < -0.3 is 13.6 Å². The number of ether oxygens (including phenoxy) is 1. The van der Waals surface area contributed by atoms with Crippen LogP contribution in [-0.2, 0) is 4.79 Å². The van der Waals surface area contributed by atoms with Crippen LogP contribution in [0.4, 0.5) is 0 Å². The maximum Gasteiger partial charge on any atom is 0.423 e. The van der Waals surface area contributed by atoms with E-state index in [1.807, 2.05) is 6.07 Å². The Morgan fingerprint density at radius 1 is 0.895 bits per heavy atom. The van der Waals surface area contributed by atoms with E-state index in [4.69, 9.17) is 13.6 Å². The normalized spacial score (nSPS) is 11.9. The Bertz CT molecular complexity index is 413. The van der Waals surface area contributed by atoms with Gasteiger partial charge in [0.25, 0.3) is 0 Å². The first-order valence-electron chi connectivity index (χ1n) is 6.17. The van der Waals surface area contributed by atoms with Gasteiger partial charge in [0.1, 0.15) is 0 Å². The molecule has 0 aromatic heterocycles. The highest BCUT2D eigenvalue weighted by molar-refractivity contribution is 6.71. The Morgan fingerprint density at radius 3 is 1.63 bits per heavy atom. The van der Waals surface area contributed by atoms with Gasteiger partial charge in [-0.05, 0) is 51.4 Å². The molecule has 0 fully saturated rings. The quantitative estimate of drug-likeness (QED) is 0.753. The highest BCUT2D eigenvalue weighted by Crippen LogP contribution is 2.39. The second-order valence-corrected chi connectivity index (χ2v) is 15.1. The van der Waals surface area contributed by atoms with Crippen LogP contribution >= 0.6 is 0 Å². The fourth-order valence-corrected chi connectivity index (χ4v) is 3.10. The summed E-state index contributed by atoms with van der Waals surface area (Å²) in [5, 5.41) is 0. The molecule has 0 amide bonds. The summed E-state index contributed by atoms with van der Waals surface area (Å²) in [6.07, 6.45) is 0. The van der Waals surface area contributed by atoms with Crippen LogP contribution in [-0.4, -0.2) is 23.1 Å². The van der Waals surface area contributed by atoms with Crippen molar-refractivity contribution in [2.24, 2.45) is 0 Å². The lowest BCUT2D eigenvalue weighted by Crippen LogP contribution is -2.31. The van der Waals surface area contributed by atoms with Crippen LogP contribution in [0, 0.1) is 0 Å². The zero-order valence-corrected chi connectivity index (χ0v) is 14.4. The fourth-order valence-electron chi connectivity index (χ4n) is 1.46. The van der Waals surface area contributed by atoms with Gasteiger partial charge in [-0.15, -0.1) is 0 Å². The van der Waals surface area contributed by atoms with E-state index in [1.165, 1.54) is 6.47 Å². The topological polar surface area (TPSA) is 44.8 Å². The summed E-state index contributed by atoms with van der Waals surface area (Å²) >= 11 is 0. The lowest BCUT2D eigenvalue weighted by Gasteiger charge is -2.24. The van der Waals surface area contributed by atoms with Gasteiger partial charge in [0.05, 0.1) is 0 Å². The molecule has 19 heavy (non-hydrogen) atoms. The minimum Gasteiger partial charge on any atom is -0.542 e. The molecule has 0 N–H and O–H groups in total. The summed E-state index contributed by atoms with van der Waals surface area (Å²) in [5.41, 5.74) is 0. The number of rotatable bonds is 6. The standard InChI is InChI=1S/C13H21O4Si2/c1-18(2,3)16-11-8-7-9-12(13(11)15-10-14)17-19(4,5)6/h7-9H,1-6H3. The molecule has 0 unspecified atom stereocenters. The Balaban J connectivity index is 3.17. The molecule has 1 radical (unpaired) electrons. The summed E-state index contributed by atoms with van der Waals surface area (Å²) in [5.74, 6) is 1.40. The van der Waals surface area contributed by atoms with Crippen LogP contribution in [0.15, 0.2) is 18.2 Å². The van der Waals surface area contributed by atoms with Gasteiger partial charge in [-0.25, -0.2) is 4.79 Å². The summed E-state index contributed by atoms with van der Waals surface area (Å²) in [7, 11) is -3.59. The minimum atomic E-state index is -1.79. The molecular formula is C13H21O4Si2. The Labute approximate surface area is 116 Å². The van der Waals surface area contributed by atoms with Crippen LogP contribution < -0.4 is 13.6 Å². The van der Waals surface area contributed by atoms with E-state index in [0.717, 1.165) is 0 Å². The monoisotopic (exact) mass is 297 g/mol. The van der Waals surface area contributed by atoms with Crippen molar-refractivity contribution in [1.29, 1.82) is 0 Å². The average molecular weight is 297 g/mol. The minimum absolute atomic E-state index is 0.322. The highest BCUT2D eigenvalue weighted by atomic mass is 28.4. The summed E-state index contributed by atoms with van der Waals surface area (Å²) in [4.78, 5) is 10.6.